The number of nitrogens with one attached hydrogen (secondary N) is 1. The third kappa shape index (κ3) is 2.30. The first kappa shape index (κ1) is 13.7. The van der Waals surface area contributed by atoms with Gasteiger partial charge in [0.2, 0.25) is 0 Å². The molecule has 1 unspecified atom stereocenters. The number of amides is 1. The van der Waals surface area contributed by atoms with E-state index >= 15 is 0 Å². The van der Waals surface area contributed by atoms with Crippen LogP contribution in [0.15, 0.2) is 16.5 Å². The molecular weight excluding hydrogens is 286 g/mol. The SMILES string of the molecule is CC(NC(=O)c1ccc(Cl)o1)C12CC3CC(CC(C3)C1)C2. The van der Waals surface area contributed by atoms with Gasteiger partial charge in [0.05, 0.1) is 0 Å². The average Bonchev–Trinajstić information content (AvgIpc) is 2.84. The number of carbonyl (C=O) groups is 1. The largest absolute Gasteiger partial charge is 0.440 e. The number of furan rings is 1. The summed E-state index contributed by atoms with van der Waals surface area (Å²) in [7, 11) is 0. The first-order valence-corrected chi connectivity index (χ1v) is 8.48. The van der Waals surface area contributed by atoms with Gasteiger partial charge >= 0.3 is 0 Å². The van der Waals surface area contributed by atoms with Crippen LogP contribution in [-0.4, -0.2) is 11.9 Å². The van der Waals surface area contributed by atoms with Crippen molar-refractivity contribution >= 4 is 17.5 Å². The van der Waals surface area contributed by atoms with Crippen LogP contribution >= 0.6 is 11.6 Å². The van der Waals surface area contributed by atoms with Crippen molar-refractivity contribution in [3.05, 3.63) is 23.1 Å². The van der Waals surface area contributed by atoms with Gasteiger partial charge < -0.3 is 9.73 Å². The zero-order valence-corrected chi connectivity index (χ0v) is 13.2. The summed E-state index contributed by atoms with van der Waals surface area (Å²) in [5, 5.41) is 3.44. The number of hydrogen-bond donors (Lipinski definition) is 1. The van der Waals surface area contributed by atoms with Crippen LogP contribution in [0.1, 0.15) is 56.0 Å². The van der Waals surface area contributed by atoms with Crippen molar-refractivity contribution in [3.8, 4) is 0 Å². The molecule has 1 N–H and O–H groups in total. The zero-order chi connectivity index (χ0) is 14.6. The summed E-state index contributed by atoms with van der Waals surface area (Å²) >= 11 is 5.75. The summed E-state index contributed by atoms with van der Waals surface area (Å²) in [5.74, 6) is 2.87. The first-order valence-electron chi connectivity index (χ1n) is 8.10. The van der Waals surface area contributed by atoms with Crippen molar-refractivity contribution in [1.82, 2.24) is 5.32 Å². The lowest BCUT2D eigenvalue weighted by Crippen LogP contribution is -2.55. The maximum Gasteiger partial charge on any atom is 0.287 e. The molecule has 4 fully saturated rings. The van der Waals surface area contributed by atoms with E-state index in [1.807, 2.05) is 0 Å². The standard InChI is InChI=1S/C17H22ClNO2/c1-10(19-16(20)14-2-3-15(18)21-14)17-7-11-4-12(8-17)6-13(5-11)9-17/h2-3,10-13H,4-9H2,1H3,(H,19,20). The fourth-order valence-electron chi connectivity index (χ4n) is 5.57. The van der Waals surface area contributed by atoms with E-state index < -0.39 is 0 Å². The second-order valence-electron chi connectivity index (χ2n) is 7.58. The lowest BCUT2D eigenvalue weighted by Gasteiger charge is -2.59. The third-order valence-electron chi connectivity index (χ3n) is 6.15. The van der Waals surface area contributed by atoms with Gasteiger partial charge in [-0.1, -0.05) is 0 Å². The monoisotopic (exact) mass is 307 g/mol. The van der Waals surface area contributed by atoms with Gasteiger partial charge in [0, 0.05) is 6.04 Å². The minimum absolute atomic E-state index is 0.134. The molecule has 21 heavy (non-hydrogen) atoms. The molecule has 4 aliphatic carbocycles. The van der Waals surface area contributed by atoms with Crippen molar-refractivity contribution in [1.29, 1.82) is 0 Å². The molecule has 0 saturated heterocycles. The summed E-state index contributed by atoms with van der Waals surface area (Å²) < 4.78 is 5.22. The predicted molar refractivity (Wildman–Crippen MR) is 81.3 cm³/mol. The van der Waals surface area contributed by atoms with Gasteiger partial charge in [-0.05, 0) is 92.4 Å². The topological polar surface area (TPSA) is 42.2 Å². The lowest BCUT2D eigenvalue weighted by molar-refractivity contribution is -0.0688. The highest BCUT2D eigenvalue weighted by molar-refractivity contribution is 6.29. The molecule has 5 rings (SSSR count). The molecule has 4 saturated carbocycles. The van der Waals surface area contributed by atoms with Crippen LogP contribution in [0.4, 0.5) is 0 Å². The van der Waals surface area contributed by atoms with E-state index in [1.165, 1.54) is 38.5 Å². The number of rotatable bonds is 3. The van der Waals surface area contributed by atoms with Gasteiger partial charge in [-0.2, -0.15) is 0 Å². The van der Waals surface area contributed by atoms with Crippen LogP contribution in [-0.2, 0) is 0 Å². The van der Waals surface area contributed by atoms with Crippen LogP contribution in [0.2, 0.25) is 5.22 Å². The molecule has 0 aromatic carbocycles. The molecule has 0 radical (unpaired) electrons. The summed E-state index contributed by atoms with van der Waals surface area (Å²) in [5.41, 5.74) is 0.320. The Bertz CT molecular complexity index is 530. The van der Waals surface area contributed by atoms with Gasteiger partial charge in [0.25, 0.3) is 5.91 Å². The van der Waals surface area contributed by atoms with Crippen LogP contribution in [0, 0.1) is 23.2 Å². The Hall–Kier alpha value is -0.960. The molecule has 4 aliphatic rings. The van der Waals surface area contributed by atoms with Gasteiger partial charge in [-0.15, -0.1) is 0 Å². The van der Waals surface area contributed by atoms with Crippen LogP contribution in [0.25, 0.3) is 0 Å². The first-order chi connectivity index (χ1) is 10.0. The lowest BCUT2D eigenvalue weighted by atomic mass is 9.48. The van der Waals surface area contributed by atoms with Crippen LogP contribution in [0.5, 0.6) is 0 Å². The smallest absolute Gasteiger partial charge is 0.287 e. The molecule has 1 aromatic heterocycles. The normalized spacial score (nSPS) is 38.5. The molecule has 0 spiro atoms. The van der Waals surface area contributed by atoms with E-state index in [1.54, 1.807) is 12.1 Å². The molecule has 3 nitrogen and oxygen atoms in total. The Kier molecular flexibility index (Phi) is 3.11. The summed E-state index contributed by atoms with van der Waals surface area (Å²) in [6, 6.07) is 3.47. The minimum atomic E-state index is -0.134. The van der Waals surface area contributed by atoms with Gasteiger partial charge in [-0.3, -0.25) is 4.79 Å². The summed E-state index contributed by atoms with van der Waals surface area (Å²) in [6.45, 7) is 2.18. The fraction of sp³-hybridized carbons (Fsp3) is 0.706. The fourth-order valence-corrected chi connectivity index (χ4v) is 5.71. The molecule has 114 valence electrons. The second-order valence-corrected chi connectivity index (χ2v) is 7.95. The number of halogens is 1. The summed E-state index contributed by atoms with van der Waals surface area (Å²) in [6.07, 6.45) is 8.15. The Morgan fingerprint density at radius 3 is 2.29 bits per heavy atom. The van der Waals surface area contributed by atoms with E-state index in [0.717, 1.165) is 17.8 Å². The maximum atomic E-state index is 12.3. The van der Waals surface area contributed by atoms with E-state index in [2.05, 4.69) is 12.2 Å². The van der Waals surface area contributed by atoms with E-state index in [-0.39, 0.29) is 17.2 Å². The van der Waals surface area contributed by atoms with Crippen molar-refractivity contribution in [2.45, 2.75) is 51.5 Å². The summed E-state index contributed by atoms with van der Waals surface area (Å²) in [4.78, 5) is 12.3. The average molecular weight is 308 g/mol. The van der Waals surface area contributed by atoms with Crippen molar-refractivity contribution in [3.63, 3.8) is 0 Å². The Morgan fingerprint density at radius 1 is 1.24 bits per heavy atom. The van der Waals surface area contributed by atoms with E-state index in [0.29, 0.717) is 11.2 Å². The number of hydrogen-bond acceptors (Lipinski definition) is 2. The molecule has 1 heterocycles. The molecule has 1 atom stereocenters. The molecule has 1 aromatic rings. The quantitative estimate of drug-likeness (QED) is 0.906. The predicted octanol–water partition coefficient (Wildman–Crippen LogP) is 4.27. The van der Waals surface area contributed by atoms with Gasteiger partial charge in [0.15, 0.2) is 11.0 Å². The highest BCUT2D eigenvalue weighted by Gasteiger charge is 2.53. The van der Waals surface area contributed by atoms with Crippen molar-refractivity contribution in [2.24, 2.45) is 23.2 Å². The Labute approximate surface area is 130 Å². The Balaban J connectivity index is 1.50. The molecular formula is C17H22ClNO2. The van der Waals surface area contributed by atoms with Crippen molar-refractivity contribution in [2.75, 3.05) is 0 Å². The highest BCUT2D eigenvalue weighted by atomic mass is 35.5. The Morgan fingerprint density at radius 2 is 1.81 bits per heavy atom. The van der Waals surface area contributed by atoms with Crippen LogP contribution < -0.4 is 5.32 Å². The number of carbonyl (C=O) groups excluding carboxylic acids is 1. The van der Waals surface area contributed by atoms with E-state index in [4.69, 9.17) is 16.0 Å². The minimum Gasteiger partial charge on any atom is -0.440 e. The van der Waals surface area contributed by atoms with Crippen molar-refractivity contribution < 1.29 is 9.21 Å². The zero-order valence-electron chi connectivity index (χ0n) is 12.4. The molecule has 4 bridgehead atoms. The molecule has 1 amide bonds. The second kappa shape index (κ2) is 4.77. The van der Waals surface area contributed by atoms with E-state index in [9.17, 15) is 4.79 Å². The highest BCUT2D eigenvalue weighted by Crippen LogP contribution is 2.61. The molecule has 4 heteroatoms. The molecule has 0 aliphatic heterocycles. The maximum absolute atomic E-state index is 12.3. The van der Waals surface area contributed by atoms with Crippen LogP contribution in [0.3, 0.4) is 0 Å². The third-order valence-corrected chi connectivity index (χ3v) is 6.35. The van der Waals surface area contributed by atoms with Gasteiger partial charge in [-0.25, -0.2) is 0 Å². The van der Waals surface area contributed by atoms with Gasteiger partial charge in [0.1, 0.15) is 0 Å².